The fourth-order valence-electron chi connectivity index (χ4n) is 2.49. The first-order valence-electron chi connectivity index (χ1n) is 8.02. The van der Waals surface area contributed by atoms with Crippen molar-refractivity contribution in [3.05, 3.63) is 70.8 Å². The highest BCUT2D eigenvalue weighted by molar-refractivity contribution is 7.89. The summed E-state index contributed by atoms with van der Waals surface area (Å²) in [6.07, 6.45) is 1.56. The number of primary amides is 1. The molecule has 0 aliphatic rings. The second kappa shape index (κ2) is 8.38. The third-order valence-electron chi connectivity index (χ3n) is 3.82. The standard InChI is InChI=1S/C18H18N2O5S2/c19-18(21)11-25-14-3-5-15(6-4-14)27(22,23)20-10-16(13-7-9-26-12-13)17-2-1-8-24-17/h1-9,12,16,20H,10-11H2,(H2,19,21). The lowest BCUT2D eigenvalue weighted by molar-refractivity contribution is -0.119. The topological polar surface area (TPSA) is 112 Å². The van der Waals surface area contributed by atoms with Crippen molar-refractivity contribution in [1.29, 1.82) is 0 Å². The maximum Gasteiger partial charge on any atom is 0.255 e. The summed E-state index contributed by atoms with van der Waals surface area (Å²) in [6, 6.07) is 11.3. The molecule has 3 aromatic rings. The zero-order chi connectivity index (χ0) is 19.3. The van der Waals surface area contributed by atoms with Crippen molar-refractivity contribution < 1.29 is 22.4 Å². The lowest BCUT2D eigenvalue weighted by Crippen LogP contribution is -2.28. The Morgan fingerprint density at radius 1 is 1.22 bits per heavy atom. The number of ether oxygens (including phenoxy) is 1. The molecule has 1 unspecified atom stereocenters. The first kappa shape index (κ1) is 19.2. The van der Waals surface area contributed by atoms with Crippen LogP contribution >= 0.6 is 11.3 Å². The van der Waals surface area contributed by atoms with Gasteiger partial charge in [-0.3, -0.25) is 4.79 Å². The minimum atomic E-state index is -3.72. The van der Waals surface area contributed by atoms with E-state index in [0.717, 1.165) is 5.56 Å². The average molecular weight is 406 g/mol. The predicted octanol–water partition coefficient (Wildman–Crippen LogP) is 2.32. The number of hydrogen-bond donors (Lipinski definition) is 2. The van der Waals surface area contributed by atoms with Crippen molar-refractivity contribution in [2.75, 3.05) is 13.2 Å². The van der Waals surface area contributed by atoms with Crippen molar-refractivity contribution in [3.63, 3.8) is 0 Å². The van der Waals surface area contributed by atoms with Crippen LogP contribution in [-0.2, 0) is 14.8 Å². The van der Waals surface area contributed by atoms with Crippen LogP contribution in [0.3, 0.4) is 0 Å². The van der Waals surface area contributed by atoms with Gasteiger partial charge in [0.2, 0.25) is 10.0 Å². The maximum absolute atomic E-state index is 12.6. The van der Waals surface area contributed by atoms with Gasteiger partial charge in [0.1, 0.15) is 11.5 Å². The van der Waals surface area contributed by atoms with Crippen molar-refractivity contribution in [2.24, 2.45) is 5.73 Å². The number of rotatable bonds is 9. The average Bonchev–Trinajstić information content (AvgIpc) is 3.35. The van der Waals surface area contributed by atoms with E-state index in [2.05, 4.69) is 4.72 Å². The summed E-state index contributed by atoms with van der Waals surface area (Å²) < 4.78 is 38.4. The third-order valence-corrected chi connectivity index (χ3v) is 5.97. The molecule has 1 atom stereocenters. The highest BCUT2D eigenvalue weighted by atomic mass is 32.2. The van der Waals surface area contributed by atoms with Gasteiger partial charge in [-0.05, 0) is 58.8 Å². The molecule has 0 bridgehead atoms. The van der Waals surface area contributed by atoms with Crippen LogP contribution in [0.4, 0.5) is 0 Å². The molecule has 1 aromatic carbocycles. The van der Waals surface area contributed by atoms with Crippen molar-refractivity contribution >= 4 is 27.3 Å². The van der Waals surface area contributed by atoms with E-state index < -0.39 is 15.9 Å². The molecule has 0 aliphatic heterocycles. The van der Waals surface area contributed by atoms with E-state index in [-0.39, 0.29) is 24.0 Å². The van der Waals surface area contributed by atoms with E-state index in [1.165, 1.54) is 35.6 Å². The summed E-state index contributed by atoms with van der Waals surface area (Å²) >= 11 is 1.54. The van der Waals surface area contributed by atoms with Crippen LogP contribution in [0.25, 0.3) is 0 Å². The molecule has 2 heterocycles. The fourth-order valence-corrected chi connectivity index (χ4v) is 4.25. The Hall–Kier alpha value is -2.62. The third kappa shape index (κ3) is 4.97. The van der Waals surface area contributed by atoms with Gasteiger partial charge < -0.3 is 14.9 Å². The number of amides is 1. The van der Waals surface area contributed by atoms with Gasteiger partial charge >= 0.3 is 0 Å². The summed E-state index contributed by atoms with van der Waals surface area (Å²) in [6.45, 7) is -0.109. The van der Waals surface area contributed by atoms with E-state index in [1.54, 1.807) is 12.3 Å². The van der Waals surface area contributed by atoms with Crippen LogP contribution in [0.1, 0.15) is 17.2 Å². The number of furan rings is 1. The van der Waals surface area contributed by atoms with Crippen LogP contribution in [-0.4, -0.2) is 27.5 Å². The fraction of sp³-hybridized carbons (Fsp3) is 0.167. The lowest BCUT2D eigenvalue weighted by Gasteiger charge is -2.15. The number of nitrogens with one attached hydrogen (secondary N) is 1. The smallest absolute Gasteiger partial charge is 0.255 e. The van der Waals surface area contributed by atoms with Crippen LogP contribution in [0.5, 0.6) is 5.75 Å². The number of hydrogen-bond acceptors (Lipinski definition) is 6. The van der Waals surface area contributed by atoms with Crippen LogP contribution < -0.4 is 15.2 Å². The number of thiophene rings is 1. The largest absolute Gasteiger partial charge is 0.484 e. The Balaban J connectivity index is 1.71. The van der Waals surface area contributed by atoms with Gasteiger partial charge in [0, 0.05) is 6.54 Å². The van der Waals surface area contributed by atoms with Gasteiger partial charge in [0.25, 0.3) is 5.91 Å². The summed E-state index contributed by atoms with van der Waals surface area (Å²) in [5, 5.41) is 3.90. The second-order valence-corrected chi connectivity index (χ2v) is 8.25. The van der Waals surface area contributed by atoms with E-state index >= 15 is 0 Å². The molecule has 7 nitrogen and oxygen atoms in total. The van der Waals surface area contributed by atoms with Gasteiger partial charge in [0.15, 0.2) is 6.61 Å². The van der Waals surface area contributed by atoms with E-state index in [9.17, 15) is 13.2 Å². The maximum atomic E-state index is 12.6. The molecule has 0 spiro atoms. The zero-order valence-electron chi connectivity index (χ0n) is 14.2. The normalized spacial score (nSPS) is 12.6. The Morgan fingerprint density at radius 3 is 2.59 bits per heavy atom. The van der Waals surface area contributed by atoms with Crippen molar-refractivity contribution in [3.8, 4) is 5.75 Å². The molecule has 1 amide bonds. The van der Waals surface area contributed by atoms with Crippen LogP contribution in [0.2, 0.25) is 0 Å². The highest BCUT2D eigenvalue weighted by Crippen LogP contribution is 2.27. The number of carbonyl (C=O) groups excluding carboxylic acids is 1. The quantitative estimate of drug-likeness (QED) is 0.566. The first-order chi connectivity index (χ1) is 13.0. The van der Waals surface area contributed by atoms with E-state index in [4.69, 9.17) is 14.9 Å². The Labute approximate surface area is 160 Å². The summed E-state index contributed by atoms with van der Waals surface area (Å²) in [5.74, 6) is 0.218. The van der Waals surface area contributed by atoms with Gasteiger partial charge in [-0.2, -0.15) is 11.3 Å². The molecule has 0 aliphatic carbocycles. The van der Waals surface area contributed by atoms with Gasteiger partial charge in [-0.15, -0.1) is 0 Å². The van der Waals surface area contributed by atoms with Crippen molar-refractivity contribution in [2.45, 2.75) is 10.8 Å². The molecule has 2 aromatic heterocycles. The van der Waals surface area contributed by atoms with Crippen LogP contribution in [0, 0.1) is 0 Å². The number of carbonyl (C=O) groups is 1. The van der Waals surface area contributed by atoms with Gasteiger partial charge in [-0.1, -0.05) is 0 Å². The highest BCUT2D eigenvalue weighted by Gasteiger charge is 2.22. The second-order valence-electron chi connectivity index (χ2n) is 5.70. The van der Waals surface area contributed by atoms with Gasteiger partial charge in [0.05, 0.1) is 17.1 Å². The number of sulfonamides is 1. The zero-order valence-corrected chi connectivity index (χ0v) is 15.8. The SMILES string of the molecule is NC(=O)COc1ccc(S(=O)(=O)NCC(c2ccsc2)c2ccco2)cc1. The predicted molar refractivity (Wildman–Crippen MR) is 101 cm³/mol. The molecule has 142 valence electrons. The summed E-state index contributed by atoms with van der Waals surface area (Å²) in [5.41, 5.74) is 5.99. The molecule has 27 heavy (non-hydrogen) atoms. The molecular formula is C18H18N2O5S2. The molecule has 3 rings (SSSR count). The minimum absolute atomic E-state index is 0.0949. The molecule has 0 radical (unpaired) electrons. The summed E-state index contributed by atoms with van der Waals surface area (Å²) in [4.78, 5) is 10.8. The molecule has 9 heteroatoms. The Kier molecular flexibility index (Phi) is 5.94. The molecule has 0 saturated carbocycles. The Bertz CT molecular complexity index is 931. The lowest BCUT2D eigenvalue weighted by atomic mass is 10.00. The molecule has 0 saturated heterocycles. The minimum Gasteiger partial charge on any atom is -0.484 e. The van der Waals surface area contributed by atoms with E-state index in [0.29, 0.717) is 11.5 Å². The number of benzene rings is 1. The van der Waals surface area contributed by atoms with Gasteiger partial charge in [-0.25, -0.2) is 13.1 Å². The van der Waals surface area contributed by atoms with Crippen molar-refractivity contribution in [1.82, 2.24) is 4.72 Å². The van der Waals surface area contributed by atoms with Crippen LogP contribution in [0.15, 0.2) is 68.8 Å². The molecule has 0 fully saturated rings. The Morgan fingerprint density at radius 2 is 2.00 bits per heavy atom. The molecule has 3 N–H and O–H groups in total. The summed E-state index contributed by atoms with van der Waals surface area (Å²) in [7, 11) is -3.72. The first-order valence-corrected chi connectivity index (χ1v) is 10.4. The van der Waals surface area contributed by atoms with E-state index in [1.807, 2.05) is 22.9 Å². The monoisotopic (exact) mass is 406 g/mol. The molecular weight excluding hydrogens is 388 g/mol. The number of nitrogens with two attached hydrogens (primary N) is 1.